The third kappa shape index (κ3) is 3.19. The number of halogens is 2. The molecule has 1 unspecified atom stereocenters. The van der Waals surface area contributed by atoms with Crippen LogP contribution in [0.1, 0.15) is 6.92 Å². The van der Waals surface area contributed by atoms with Crippen LogP contribution < -0.4 is 5.32 Å². The van der Waals surface area contributed by atoms with Gasteiger partial charge in [-0.2, -0.15) is 0 Å². The van der Waals surface area contributed by atoms with Crippen LogP contribution in [0.3, 0.4) is 0 Å². The van der Waals surface area contributed by atoms with Crippen molar-refractivity contribution in [2.45, 2.75) is 6.92 Å². The van der Waals surface area contributed by atoms with Crippen LogP contribution in [-0.4, -0.2) is 17.6 Å². The van der Waals surface area contributed by atoms with E-state index >= 15 is 0 Å². The summed E-state index contributed by atoms with van der Waals surface area (Å²) in [6, 6.07) is 3.33. The second kappa shape index (κ2) is 4.72. The number of carbonyl (C=O) groups is 1. The lowest BCUT2D eigenvalue weighted by Gasteiger charge is -2.09. The van der Waals surface area contributed by atoms with E-state index in [1.165, 1.54) is 13.0 Å². The molecule has 0 bridgehead atoms. The third-order valence-corrected chi connectivity index (χ3v) is 1.95. The lowest BCUT2D eigenvalue weighted by molar-refractivity contribution is -0.140. The zero-order valence-corrected chi connectivity index (χ0v) is 8.13. The Balaban J connectivity index is 2.58. The molecule has 0 saturated carbocycles. The minimum atomic E-state index is -0.956. The maximum atomic E-state index is 12.7. The summed E-state index contributed by atoms with van der Waals surface area (Å²) in [6.45, 7) is 1.69. The molecule has 0 saturated heterocycles. The van der Waals surface area contributed by atoms with E-state index in [4.69, 9.17) is 5.11 Å². The Bertz CT molecular complexity index is 368. The van der Waals surface area contributed by atoms with E-state index in [1.807, 2.05) is 0 Å². The first-order chi connectivity index (χ1) is 7.00. The lowest BCUT2D eigenvalue weighted by Crippen LogP contribution is -2.19. The Hall–Kier alpha value is -1.65. The summed E-state index contributed by atoms with van der Waals surface area (Å²) < 4.78 is 25.3. The number of rotatable bonds is 4. The first-order valence-corrected chi connectivity index (χ1v) is 4.42. The molecular weight excluding hydrogens is 204 g/mol. The van der Waals surface area contributed by atoms with Gasteiger partial charge in [-0.05, 0) is 18.2 Å². The van der Waals surface area contributed by atoms with Gasteiger partial charge in [0.15, 0.2) is 11.6 Å². The number of aliphatic carboxylic acids is 1. The second-order valence-electron chi connectivity index (χ2n) is 3.25. The lowest BCUT2D eigenvalue weighted by atomic mass is 10.2. The van der Waals surface area contributed by atoms with Crippen LogP contribution in [0.4, 0.5) is 14.5 Å². The normalized spacial score (nSPS) is 12.2. The number of benzene rings is 1. The second-order valence-corrected chi connectivity index (χ2v) is 3.25. The first-order valence-electron chi connectivity index (χ1n) is 4.42. The predicted molar refractivity (Wildman–Crippen MR) is 51.6 cm³/mol. The Morgan fingerprint density at radius 1 is 1.47 bits per heavy atom. The molecule has 0 heterocycles. The third-order valence-electron chi connectivity index (χ3n) is 1.95. The highest BCUT2D eigenvalue weighted by Gasteiger charge is 2.10. The van der Waals surface area contributed by atoms with Gasteiger partial charge in [0, 0.05) is 12.2 Å². The number of nitrogens with one attached hydrogen (secondary N) is 1. The van der Waals surface area contributed by atoms with E-state index in [-0.39, 0.29) is 6.54 Å². The molecule has 0 amide bonds. The fourth-order valence-corrected chi connectivity index (χ4v) is 0.964. The van der Waals surface area contributed by atoms with Crippen molar-refractivity contribution in [3.63, 3.8) is 0 Å². The molecule has 1 rings (SSSR count). The van der Waals surface area contributed by atoms with Gasteiger partial charge < -0.3 is 10.4 Å². The molecule has 0 spiro atoms. The summed E-state index contributed by atoms with van der Waals surface area (Å²) in [5.41, 5.74) is 0.363. The Kier molecular flexibility index (Phi) is 3.60. The molecule has 3 nitrogen and oxygen atoms in total. The topological polar surface area (TPSA) is 49.3 Å². The highest BCUT2D eigenvalue weighted by molar-refractivity contribution is 5.70. The van der Waals surface area contributed by atoms with Gasteiger partial charge in [0.1, 0.15) is 0 Å². The van der Waals surface area contributed by atoms with Crippen molar-refractivity contribution >= 4 is 11.7 Å². The quantitative estimate of drug-likeness (QED) is 0.808. The molecule has 0 aliphatic rings. The van der Waals surface area contributed by atoms with Gasteiger partial charge in [0.25, 0.3) is 0 Å². The van der Waals surface area contributed by atoms with E-state index in [1.54, 1.807) is 0 Å². The van der Waals surface area contributed by atoms with Crippen LogP contribution in [0, 0.1) is 17.6 Å². The van der Waals surface area contributed by atoms with Crippen molar-refractivity contribution in [2.75, 3.05) is 11.9 Å². The van der Waals surface area contributed by atoms with Crippen molar-refractivity contribution in [3.05, 3.63) is 29.8 Å². The van der Waals surface area contributed by atoms with Crippen LogP contribution in [-0.2, 0) is 4.79 Å². The molecule has 1 aromatic carbocycles. The molecule has 82 valence electrons. The van der Waals surface area contributed by atoms with E-state index in [0.717, 1.165) is 12.1 Å². The standard InChI is InChI=1S/C10H11F2NO2/c1-6(10(14)15)5-13-7-2-3-8(11)9(12)4-7/h2-4,6,13H,5H2,1H3,(H,14,15). The minimum Gasteiger partial charge on any atom is -0.481 e. The maximum Gasteiger partial charge on any atom is 0.308 e. The van der Waals surface area contributed by atoms with Crippen LogP contribution in [0.5, 0.6) is 0 Å². The zero-order valence-electron chi connectivity index (χ0n) is 8.13. The molecule has 0 fully saturated rings. The number of hydrogen-bond acceptors (Lipinski definition) is 2. The van der Waals surface area contributed by atoms with Crippen LogP contribution >= 0.6 is 0 Å². The van der Waals surface area contributed by atoms with Crippen molar-refractivity contribution in [1.29, 1.82) is 0 Å². The van der Waals surface area contributed by atoms with E-state index in [9.17, 15) is 13.6 Å². The Morgan fingerprint density at radius 2 is 2.13 bits per heavy atom. The summed E-state index contributed by atoms with van der Waals surface area (Å²) in [5, 5.41) is 11.3. The van der Waals surface area contributed by atoms with Gasteiger partial charge in [-0.3, -0.25) is 4.79 Å². The fourth-order valence-electron chi connectivity index (χ4n) is 0.964. The van der Waals surface area contributed by atoms with E-state index < -0.39 is 23.5 Å². The van der Waals surface area contributed by atoms with Gasteiger partial charge in [-0.25, -0.2) is 8.78 Å². The summed E-state index contributed by atoms with van der Waals surface area (Å²) >= 11 is 0. The minimum absolute atomic E-state index is 0.167. The molecule has 5 heteroatoms. The molecule has 1 atom stereocenters. The van der Waals surface area contributed by atoms with E-state index in [2.05, 4.69) is 5.32 Å². The van der Waals surface area contributed by atoms with Gasteiger partial charge >= 0.3 is 5.97 Å². The number of anilines is 1. The van der Waals surface area contributed by atoms with Gasteiger partial charge in [0.2, 0.25) is 0 Å². The number of carboxylic acids is 1. The molecule has 0 aliphatic heterocycles. The zero-order chi connectivity index (χ0) is 11.4. The van der Waals surface area contributed by atoms with Crippen molar-refractivity contribution in [1.82, 2.24) is 0 Å². The average Bonchev–Trinajstić information content (AvgIpc) is 2.19. The Morgan fingerprint density at radius 3 is 2.67 bits per heavy atom. The van der Waals surface area contributed by atoms with Crippen LogP contribution in [0.2, 0.25) is 0 Å². The van der Waals surface area contributed by atoms with Crippen LogP contribution in [0.15, 0.2) is 18.2 Å². The van der Waals surface area contributed by atoms with E-state index in [0.29, 0.717) is 5.69 Å². The molecule has 15 heavy (non-hydrogen) atoms. The van der Waals surface area contributed by atoms with Gasteiger partial charge in [0.05, 0.1) is 5.92 Å². The SMILES string of the molecule is CC(CNc1ccc(F)c(F)c1)C(=O)O. The largest absolute Gasteiger partial charge is 0.481 e. The summed E-state index contributed by atoms with van der Waals surface area (Å²) in [4.78, 5) is 10.5. The summed E-state index contributed by atoms with van der Waals surface area (Å²) in [6.07, 6.45) is 0. The average molecular weight is 215 g/mol. The number of carboxylic acid groups (broad SMARTS) is 1. The number of hydrogen-bond donors (Lipinski definition) is 2. The fraction of sp³-hybridized carbons (Fsp3) is 0.300. The van der Waals surface area contributed by atoms with Crippen molar-refractivity contribution in [3.8, 4) is 0 Å². The summed E-state index contributed by atoms with van der Waals surface area (Å²) in [5.74, 6) is -3.40. The molecule has 0 aliphatic carbocycles. The van der Waals surface area contributed by atoms with Crippen molar-refractivity contribution < 1.29 is 18.7 Å². The maximum absolute atomic E-state index is 12.7. The predicted octanol–water partition coefficient (Wildman–Crippen LogP) is 2.10. The monoisotopic (exact) mass is 215 g/mol. The first kappa shape index (κ1) is 11.4. The molecule has 1 aromatic rings. The Labute approximate surface area is 85.7 Å². The van der Waals surface area contributed by atoms with Gasteiger partial charge in [-0.1, -0.05) is 6.92 Å². The van der Waals surface area contributed by atoms with Gasteiger partial charge in [-0.15, -0.1) is 0 Å². The molecule has 0 aromatic heterocycles. The van der Waals surface area contributed by atoms with Crippen molar-refractivity contribution in [2.24, 2.45) is 5.92 Å². The molecule has 0 radical (unpaired) electrons. The van der Waals surface area contributed by atoms with Crippen LogP contribution in [0.25, 0.3) is 0 Å². The smallest absolute Gasteiger partial charge is 0.308 e. The highest BCUT2D eigenvalue weighted by atomic mass is 19.2. The molecule has 2 N–H and O–H groups in total. The molecular formula is C10H11F2NO2. The summed E-state index contributed by atoms with van der Waals surface area (Å²) in [7, 11) is 0. The highest BCUT2D eigenvalue weighted by Crippen LogP contribution is 2.13.